The Morgan fingerprint density at radius 1 is 1.12 bits per heavy atom. The molecule has 3 N–H and O–H groups in total. The Balaban J connectivity index is 1.43. The van der Waals surface area contributed by atoms with E-state index in [1.54, 1.807) is 11.0 Å². The molecule has 3 atom stereocenters. The molecule has 0 saturated carbocycles. The average Bonchev–Trinajstić information content (AvgIpc) is 2.90. The zero-order valence-corrected chi connectivity index (χ0v) is 24.0. The minimum absolute atomic E-state index is 0.0699. The number of ether oxygens (including phenoxy) is 1. The molecule has 2 aromatic carbocycles. The highest BCUT2D eigenvalue weighted by molar-refractivity contribution is 6.32. The number of rotatable bonds is 11. The number of carboxylic acids is 1. The molecule has 1 unspecified atom stereocenters. The van der Waals surface area contributed by atoms with E-state index in [2.05, 4.69) is 10.6 Å². The summed E-state index contributed by atoms with van der Waals surface area (Å²) in [6.45, 7) is 6.67. The van der Waals surface area contributed by atoms with Crippen LogP contribution in [-0.2, 0) is 20.8 Å². The summed E-state index contributed by atoms with van der Waals surface area (Å²) in [6, 6.07) is 14.3. The Hall–Kier alpha value is -3.36. The predicted molar refractivity (Wildman–Crippen MR) is 155 cm³/mol. The summed E-state index contributed by atoms with van der Waals surface area (Å²) in [7, 11) is 0. The Morgan fingerprint density at radius 2 is 1.85 bits per heavy atom. The van der Waals surface area contributed by atoms with E-state index in [4.69, 9.17) is 16.3 Å². The summed E-state index contributed by atoms with van der Waals surface area (Å²) in [5.41, 5.74) is 3.14. The van der Waals surface area contributed by atoms with Crippen molar-refractivity contribution >= 4 is 35.0 Å². The van der Waals surface area contributed by atoms with Gasteiger partial charge in [-0.3, -0.25) is 9.59 Å². The Kier molecular flexibility index (Phi) is 9.87. The molecule has 0 aromatic heterocycles. The van der Waals surface area contributed by atoms with Gasteiger partial charge in [0.15, 0.2) is 0 Å². The van der Waals surface area contributed by atoms with Crippen molar-refractivity contribution in [3.05, 3.63) is 70.3 Å². The van der Waals surface area contributed by atoms with Gasteiger partial charge in [-0.05, 0) is 60.4 Å². The highest BCUT2D eigenvalue weighted by Gasteiger charge is 2.41. The van der Waals surface area contributed by atoms with Crippen LogP contribution in [0.1, 0.15) is 51.2 Å². The third kappa shape index (κ3) is 7.43. The monoisotopic (exact) mass is 567 g/mol. The molecule has 8 nitrogen and oxygen atoms in total. The molecule has 0 aliphatic carbocycles. The Bertz CT molecular complexity index is 1260. The van der Waals surface area contributed by atoms with Gasteiger partial charge in [-0.25, -0.2) is 4.79 Å². The van der Waals surface area contributed by atoms with Crippen LogP contribution in [-0.4, -0.2) is 65.6 Å². The van der Waals surface area contributed by atoms with Crippen molar-refractivity contribution in [1.82, 2.24) is 15.5 Å². The number of fused-ring (bicyclic) bond motifs is 2. The molecule has 9 heteroatoms. The number of amides is 2. The van der Waals surface area contributed by atoms with E-state index in [1.165, 1.54) is 6.92 Å². The summed E-state index contributed by atoms with van der Waals surface area (Å²) >= 11 is 6.14. The van der Waals surface area contributed by atoms with E-state index in [0.29, 0.717) is 42.3 Å². The number of halogens is 1. The highest BCUT2D eigenvalue weighted by atomic mass is 35.5. The standard InChI is InChI=1S/C31H38ClN3O5/c1-19(2)15-26(33-20(3)36)30(37)35-17-23-16-24(29(31(38)39)27(18-35)34-23)22-12-10-21(11-13-22)7-6-14-40-28-9-5-4-8-25(28)32/h4-5,8-13,19,23,26-27,34H,6-7,14-18H2,1-3H3,(H,33,36)(H,38,39)/t23-,26?,27-/m0/s1. The van der Waals surface area contributed by atoms with Crippen LogP contribution in [0, 0.1) is 5.92 Å². The zero-order valence-electron chi connectivity index (χ0n) is 23.3. The number of carboxylic acid groups (broad SMARTS) is 1. The van der Waals surface area contributed by atoms with Crippen LogP contribution in [0.3, 0.4) is 0 Å². The maximum Gasteiger partial charge on any atom is 0.333 e. The number of para-hydroxylation sites is 1. The van der Waals surface area contributed by atoms with Crippen molar-refractivity contribution in [2.75, 3.05) is 19.7 Å². The van der Waals surface area contributed by atoms with Gasteiger partial charge in [0.1, 0.15) is 11.8 Å². The van der Waals surface area contributed by atoms with Crippen LogP contribution >= 0.6 is 11.6 Å². The normalized spacial score (nSPS) is 19.4. The molecule has 40 heavy (non-hydrogen) atoms. The van der Waals surface area contributed by atoms with Crippen LogP contribution < -0.4 is 15.4 Å². The lowest BCUT2D eigenvalue weighted by atomic mass is 9.83. The molecule has 2 aliphatic rings. The number of benzene rings is 2. The zero-order chi connectivity index (χ0) is 28.8. The molecular formula is C31H38ClN3O5. The van der Waals surface area contributed by atoms with E-state index >= 15 is 0 Å². The second-order valence-electron chi connectivity index (χ2n) is 11.0. The predicted octanol–water partition coefficient (Wildman–Crippen LogP) is 4.31. The number of carbonyl (C=O) groups is 3. The first-order valence-electron chi connectivity index (χ1n) is 13.9. The minimum atomic E-state index is -0.985. The number of aliphatic carboxylic acids is 1. The molecule has 1 fully saturated rings. The summed E-state index contributed by atoms with van der Waals surface area (Å²) < 4.78 is 5.78. The fourth-order valence-electron chi connectivity index (χ4n) is 5.60. The lowest BCUT2D eigenvalue weighted by Gasteiger charge is -2.44. The first-order valence-corrected chi connectivity index (χ1v) is 14.2. The number of hydrogen-bond acceptors (Lipinski definition) is 5. The fraction of sp³-hybridized carbons (Fsp3) is 0.452. The van der Waals surface area contributed by atoms with Crippen molar-refractivity contribution in [1.29, 1.82) is 0 Å². The first kappa shape index (κ1) is 29.6. The largest absolute Gasteiger partial charge is 0.492 e. The average molecular weight is 568 g/mol. The van der Waals surface area contributed by atoms with Gasteiger partial charge in [0.05, 0.1) is 23.2 Å². The van der Waals surface area contributed by atoms with Gasteiger partial charge in [0, 0.05) is 26.1 Å². The van der Waals surface area contributed by atoms with E-state index in [-0.39, 0.29) is 30.3 Å². The number of carbonyl (C=O) groups excluding carboxylic acids is 2. The van der Waals surface area contributed by atoms with Crippen LogP contribution in [0.25, 0.3) is 5.57 Å². The second-order valence-corrected chi connectivity index (χ2v) is 11.4. The molecule has 4 rings (SSSR count). The van der Waals surface area contributed by atoms with Crippen molar-refractivity contribution in [3.8, 4) is 5.75 Å². The van der Waals surface area contributed by atoms with Crippen LogP contribution in [0.4, 0.5) is 0 Å². The topological polar surface area (TPSA) is 108 Å². The summed E-state index contributed by atoms with van der Waals surface area (Å²) in [4.78, 5) is 39.3. The molecule has 2 aliphatic heterocycles. The van der Waals surface area contributed by atoms with Crippen LogP contribution in [0.5, 0.6) is 5.75 Å². The van der Waals surface area contributed by atoms with Gasteiger partial charge >= 0.3 is 5.97 Å². The molecule has 2 heterocycles. The van der Waals surface area contributed by atoms with E-state index < -0.39 is 18.1 Å². The number of aryl methyl sites for hydroxylation is 1. The number of piperazine rings is 1. The number of hydrogen-bond donors (Lipinski definition) is 3. The van der Waals surface area contributed by atoms with E-state index in [9.17, 15) is 19.5 Å². The van der Waals surface area contributed by atoms with Crippen LogP contribution in [0.2, 0.25) is 5.02 Å². The molecule has 214 valence electrons. The van der Waals surface area contributed by atoms with Gasteiger partial charge in [-0.15, -0.1) is 0 Å². The minimum Gasteiger partial charge on any atom is -0.492 e. The van der Waals surface area contributed by atoms with E-state index in [1.807, 2.05) is 56.3 Å². The fourth-order valence-corrected chi connectivity index (χ4v) is 5.79. The molecule has 0 radical (unpaired) electrons. The summed E-state index contributed by atoms with van der Waals surface area (Å²) in [5, 5.41) is 17.0. The molecule has 2 amide bonds. The second kappa shape index (κ2) is 13.3. The van der Waals surface area contributed by atoms with E-state index in [0.717, 1.165) is 29.5 Å². The van der Waals surface area contributed by atoms with Gasteiger partial charge in [0.25, 0.3) is 0 Å². The Labute approximate surface area is 240 Å². The van der Waals surface area contributed by atoms with Gasteiger partial charge < -0.3 is 25.4 Å². The van der Waals surface area contributed by atoms with Gasteiger partial charge in [-0.2, -0.15) is 0 Å². The van der Waals surface area contributed by atoms with Crippen molar-refractivity contribution in [3.63, 3.8) is 0 Å². The van der Waals surface area contributed by atoms with Crippen molar-refractivity contribution in [2.45, 2.75) is 64.6 Å². The smallest absolute Gasteiger partial charge is 0.333 e. The van der Waals surface area contributed by atoms with Gasteiger partial charge in [-0.1, -0.05) is 61.8 Å². The summed E-state index contributed by atoms with van der Waals surface area (Å²) in [6.07, 6.45) is 2.68. The summed E-state index contributed by atoms with van der Waals surface area (Å²) in [5.74, 6) is -0.491. The molecule has 2 aromatic rings. The Morgan fingerprint density at radius 3 is 2.50 bits per heavy atom. The quantitative estimate of drug-likeness (QED) is 0.349. The molecule has 2 bridgehead atoms. The lowest BCUT2D eigenvalue weighted by molar-refractivity contribution is -0.139. The maximum absolute atomic E-state index is 13.4. The molecule has 1 saturated heterocycles. The van der Waals surface area contributed by atoms with Crippen molar-refractivity contribution < 1.29 is 24.2 Å². The highest BCUT2D eigenvalue weighted by Crippen LogP contribution is 2.34. The van der Waals surface area contributed by atoms with Crippen LogP contribution in [0.15, 0.2) is 54.1 Å². The number of nitrogens with one attached hydrogen (secondary N) is 2. The third-order valence-corrected chi connectivity index (χ3v) is 7.65. The molecule has 0 spiro atoms. The first-order chi connectivity index (χ1) is 19.1. The molecular weight excluding hydrogens is 530 g/mol. The number of nitrogens with zero attached hydrogens (tertiary/aromatic N) is 1. The van der Waals surface area contributed by atoms with Crippen molar-refractivity contribution in [2.24, 2.45) is 5.92 Å². The van der Waals surface area contributed by atoms with Gasteiger partial charge in [0.2, 0.25) is 11.8 Å². The SMILES string of the molecule is CC(=O)NC(CC(C)C)C(=O)N1C[C@@H]2CC(c3ccc(CCCOc4ccccc4Cl)cc3)=C(C(=O)O)[C@H](C1)N2. The third-order valence-electron chi connectivity index (χ3n) is 7.34. The lowest BCUT2D eigenvalue weighted by Crippen LogP contribution is -2.63. The maximum atomic E-state index is 13.4.